The van der Waals surface area contributed by atoms with Gasteiger partial charge in [-0.2, -0.15) is 0 Å². The van der Waals surface area contributed by atoms with Gasteiger partial charge in [0.05, 0.1) is 17.9 Å². The van der Waals surface area contributed by atoms with Crippen LogP contribution in [0.3, 0.4) is 0 Å². The molecular weight excluding hydrogens is 570 g/mol. The van der Waals surface area contributed by atoms with Crippen molar-refractivity contribution in [3.8, 4) is 34.0 Å². The predicted molar refractivity (Wildman–Crippen MR) is 164 cm³/mol. The summed E-state index contributed by atoms with van der Waals surface area (Å²) < 4.78 is 29.6. The van der Waals surface area contributed by atoms with Gasteiger partial charge in [0, 0.05) is 48.3 Å². The largest absolute Gasteiger partial charge is 0.503 e. The van der Waals surface area contributed by atoms with Crippen LogP contribution >= 0.6 is 0 Å². The van der Waals surface area contributed by atoms with Crippen molar-refractivity contribution in [3.05, 3.63) is 107 Å². The van der Waals surface area contributed by atoms with Crippen LogP contribution in [0.2, 0.25) is 0 Å². The van der Waals surface area contributed by atoms with Crippen LogP contribution in [0.5, 0.6) is 11.6 Å². The molecule has 0 spiro atoms. The van der Waals surface area contributed by atoms with E-state index in [1.54, 1.807) is 47.3 Å². The first kappa shape index (κ1) is 29.4. The van der Waals surface area contributed by atoms with Crippen LogP contribution in [0.1, 0.15) is 5.56 Å². The molecule has 0 atom stereocenters. The van der Waals surface area contributed by atoms with E-state index in [0.717, 1.165) is 11.8 Å². The van der Waals surface area contributed by atoms with Gasteiger partial charge < -0.3 is 25.0 Å². The SMILES string of the molecule is CS(=O)(=O)CNCCNC(=O)Oc1nc(-c2cccnc2)c2c(cc(-c3ccccc3)c(=O)n2Cc2ccccc2)c1O. The molecule has 0 aliphatic heterocycles. The van der Waals surface area contributed by atoms with E-state index >= 15 is 0 Å². The molecule has 11 nitrogen and oxygen atoms in total. The lowest BCUT2D eigenvalue weighted by molar-refractivity contribution is 0.197. The number of ether oxygens (including phenoxy) is 1. The molecular formula is C31H29N5O6S. The quantitative estimate of drug-likeness (QED) is 0.205. The molecule has 0 saturated heterocycles. The number of amides is 1. The molecule has 0 saturated carbocycles. The summed E-state index contributed by atoms with van der Waals surface area (Å²) in [7, 11) is -3.21. The summed E-state index contributed by atoms with van der Waals surface area (Å²) in [5.74, 6) is -1.02. The molecule has 0 aliphatic carbocycles. The van der Waals surface area contributed by atoms with Gasteiger partial charge >= 0.3 is 6.09 Å². The highest BCUT2D eigenvalue weighted by Crippen LogP contribution is 2.39. The normalized spacial score (nSPS) is 11.4. The van der Waals surface area contributed by atoms with Gasteiger partial charge in [-0.3, -0.25) is 9.78 Å². The smallest absolute Gasteiger partial charge is 0.414 e. The number of rotatable bonds is 10. The highest BCUT2D eigenvalue weighted by atomic mass is 32.2. The van der Waals surface area contributed by atoms with Crippen LogP contribution in [0.25, 0.3) is 33.3 Å². The number of nitrogens with one attached hydrogen (secondary N) is 2. The standard InChI is InChI=1S/C31H29N5O6S/c1-43(40,41)20-33-15-16-34-31(39)42-29-28(37)25-17-24(22-11-6-3-7-12-22)30(38)36(19-21-9-4-2-5-10-21)27(25)26(35-29)23-13-8-14-32-18-23/h2-14,17-18,33,37H,15-16,19-20H2,1H3,(H,34,39). The zero-order valence-electron chi connectivity index (χ0n) is 23.2. The number of carbonyl (C=O) groups is 1. The Morgan fingerprint density at radius 1 is 0.977 bits per heavy atom. The van der Waals surface area contributed by atoms with Crippen molar-refractivity contribution in [1.82, 2.24) is 25.2 Å². The molecule has 12 heteroatoms. The van der Waals surface area contributed by atoms with Crippen LogP contribution in [0.4, 0.5) is 4.79 Å². The number of pyridine rings is 3. The Labute approximate surface area is 247 Å². The molecule has 0 bridgehead atoms. The minimum atomic E-state index is -3.21. The molecule has 1 amide bonds. The van der Waals surface area contributed by atoms with E-state index in [-0.39, 0.29) is 48.0 Å². The first-order chi connectivity index (χ1) is 20.7. The van der Waals surface area contributed by atoms with Gasteiger partial charge in [-0.15, -0.1) is 0 Å². The van der Waals surface area contributed by atoms with Crippen molar-refractivity contribution < 1.29 is 23.1 Å². The molecule has 0 radical (unpaired) electrons. The zero-order valence-corrected chi connectivity index (χ0v) is 24.0. The molecule has 5 aromatic rings. The lowest BCUT2D eigenvalue weighted by Crippen LogP contribution is -2.35. The Morgan fingerprint density at radius 2 is 1.67 bits per heavy atom. The van der Waals surface area contributed by atoms with E-state index in [0.29, 0.717) is 22.2 Å². The van der Waals surface area contributed by atoms with Crippen LogP contribution in [0.15, 0.2) is 96.1 Å². The van der Waals surface area contributed by atoms with E-state index in [4.69, 9.17) is 4.74 Å². The monoisotopic (exact) mass is 599 g/mol. The average molecular weight is 600 g/mol. The molecule has 3 heterocycles. The van der Waals surface area contributed by atoms with Crippen molar-refractivity contribution in [2.45, 2.75) is 6.54 Å². The van der Waals surface area contributed by atoms with Crippen LogP contribution in [-0.4, -0.2) is 59.4 Å². The van der Waals surface area contributed by atoms with E-state index in [2.05, 4.69) is 20.6 Å². The van der Waals surface area contributed by atoms with Crippen LogP contribution < -0.4 is 20.9 Å². The third kappa shape index (κ3) is 7.05. The first-order valence-electron chi connectivity index (χ1n) is 13.4. The number of benzene rings is 2. The Balaban J connectivity index is 1.64. The summed E-state index contributed by atoms with van der Waals surface area (Å²) in [5, 5.41) is 16.9. The fourth-order valence-electron chi connectivity index (χ4n) is 4.58. The van der Waals surface area contributed by atoms with Crippen LogP contribution in [-0.2, 0) is 16.4 Å². The molecule has 3 aromatic heterocycles. The van der Waals surface area contributed by atoms with E-state index in [9.17, 15) is 23.1 Å². The zero-order chi connectivity index (χ0) is 30.4. The number of sulfone groups is 1. The van der Waals surface area contributed by atoms with Crippen molar-refractivity contribution in [3.63, 3.8) is 0 Å². The van der Waals surface area contributed by atoms with Gasteiger partial charge in [-0.25, -0.2) is 18.2 Å². The second kappa shape index (κ2) is 12.8. The number of aromatic hydroxyl groups is 1. The summed E-state index contributed by atoms with van der Waals surface area (Å²) >= 11 is 0. The number of fused-ring (bicyclic) bond motifs is 1. The summed E-state index contributed by atoms with van der Waals surface area (Å²) in [6.07, 6.45) is 3.36. The van der Waals surface area contributed by atoms with Gasteiger partial charge in [-0.05, 0) is 29.3 Å². The topological polar surface area (TPSA) is 153 Å². The van der Waals surface area contributed by atoms with E-state index in [1.807, 2.05) is 48.5 Å². The summed E-state index contributed by atoms with van der Waals surface area (Å²) in [4.78, 5) is 35.4. The number of nitrogens with zero attached hydrogens (tertiary/aromatic N) is 3. The Hall–Kier alpha value is -5.07. The van der Waals surface area contributed by atoms with Gasteiger partial charge in [0.1, 0.15) is 5.69 Å². The number of hydrogen-bond donors (Lipinski definition) is 3. The minimum absolute atomic E-state index is 0.0624. The number of carbonyl (C=O) groups excluding carboxylic acids is 1. The van der Waals surface area contributed by atoms with E-state index < -0.39 is 21.7 Å². The highest BCUT2D eigenvalue weighted by molar-refractivity contribution is 7.90. The summed E-state index contributed by atoms with van der Waals surface area (Å²) in [6, 6.07) is 23.6. The van der Waals surface area contributed by atoms with Crippen molar-refractivity contribution in [2.24, 2.45) is 0 Å². The molecule has 220 valence electrons. The fraction of sp³-hybridized carbons (Fsp3) is 0.161. The second-order valence-electron chi connectivity index (χ2n) is 9.81. The Kier molecular flexibility index (Phi) is 8.79. The van der Waals surface area contributed by atoms with Gasteiger partial charge in [0.2, 0.25) is 0 Å². The van der Waals surface area contributed by atoms with Crippen molar-refractivity contribution in [1.29, 1.82) is 0 Å². The minimum Gasteiger partial charge on any atom is -0.503 e. The fourth-order valence-corrected chi connectivity index (χ4v) is 5.09. The third-order valence-electron chi connectivity index (χ3n) is 6.51. The number of hydrogen-bond acceptors (Lipinski definition) is 9. The van der Waals surface area contributed by atoms with Crippen LogP contribution in [0, 0.1) is 0 Å². The van der Waals surface area contributed by atoms with E-state index in [1.165, 1.54) is 0 Å². The molecule has 5 rings (SSSR count). The molecule has 43 heavy (non-hydrogen) atoms. The maximum absolute atomic E-state index is 14.1. The Bertz CT molecular complexity index is 1920. The lowest BCUT2D eigenvalue weighted by Gasteiger charge is -2.18. The molecule has 3 N–H and O–H groups in total. The first-order valence-corrected chi connectivity index (χ1v) is 15.4. The maximum atomic E-state index is 14.1. The summed E-state index contributed by atoms with van der Waals surface area (Å²) in [5.41, 5.74) is 2.73. The number of aromatic nitrogens is 3. The van der Waals surface area contributed by atoms with Crippen molar-refractivity contribution >= 4 is 26.8 Å². The molecule has 2 aromatic carbocycles. The second-order valence-corrected chi connectivity index (χ2v) is 11.9. The maximum Gasteiger partial charge on any atom is 0.414 e. The average Bonchev–Trinajstić information content (AvgIpc) is 3.00. The van der Waals surface area contributed by atoms with Gasteiger partial charge in [-0.1, -0.05) is 60.7 Å². The molecule has 0 fully saturated rings. The van der Waals surface area contributed by atoms with Crippen molar-refractivity contribution in [2.75, 3.05) is 25.2 Å². The summed E-state index contributed by atoms with van der Waals surface area (Å²) in [6.45, 7) is 0.422. The molecule has 0 aliphatic rings. The lowest BCUT2D eigenvalue weighted by atomic mass is 10.0. The molecule has 0 unspecified atom stereocenters. The van der Waals surface area contributed by atoms with Gasteiger partial charge in [0.15, 0.2) is 15.6 Å². The third-order valence-corrected chi connectivity index (χ3v) is 7.24. The highest BCUT2D eigenvalue weighted by Gasteiger charge is 2.24. The predicted octanol–water partition coefficient (Wildman–Crippen LogP) is 3.56. The Morgan fingerprint density at radius 3 is 2.35 bits per heavy atom. The van der Waals surface area contributed by atoms with Gasteiger partial charge in [0.25, 0.3) is 11.4 Å².